The molecule has 4 aromatic rings. The number of carbonyl (C=O) groups is 1. The first-order valence-corrected chi connectivity index (χ1v) is 9.71. The molecule has 8 heteroatoms. The minimum atomic E-state index is -0.105. The number of nitrogens with one attached hydrogen (secondary N) is 2. The SMILES string of the molecule is COc1ccc(-c2cc3nc(C)cc(Nc4ccc(NC(C)=O)cc4)n3n2)cc1OC. The van der Waals surface area contributed by atoms with Crippen LogP contribution in [0.3, 0.4) is 0 Å². The second-order valence-electron chi connectivity index (χ2n) is 7.04. The Balaban J connectivity index is 1.69. The number of aromatic nitrogens is 3. The van der Waals surface area contributed by atoms with Crippen LogP contribution < -0.4 is 20.1 Å². The maximum absolute atomic E-state index is 11.2. The molecule has 31 heavy (non-hydrogen) atoms. The number of nitrogens with zero attached hydrogens (tertiary/aromatic N) is 3. The summed E-state index contributed by atoms with van der Waals surface area (Å²) in [5.74, 6) is 1.97. The summed E-state index contributed by atoms with van der Waals surface area (Å²) < 4.78 is 12.5. The molecule has 0 spiro atoms. The van der Waals surface area contributed by atoms with E-state index in [1.165, 1.54) is 6.92 Å². The van der Waals surface area contributed by atoms with Gasteiger partial charge in [-0.05, 0) is 49.4 Å². The highest BCUT2D eigenvalue weighted by atomic mass is 16.5. The topological polar surface area (TPSA) is 89.8 Å². The van der Waals surface area contributed by atoms with E-state index in [9.17, 15) is 4.79 Å². The van der Waals surface area contributed by atoms with Crippen molar-refractivity contribution >= 4 is 28.7 Å². The minimum Gasteiger partial charge on any atom is -0.493 e. The number of hydrogen-bond donors (Lipinski definition) is 2. The van der Waals surface area contributed by atoms with Crippen LogP contribution in [0.25, 0.3) is 16.9 Å². The lowest BCUT2D eigenvalue weighted by atomic mass is 10.1. The van der Waals surface area contributed by atoms with Crippen molar-refractivity contribution in [2.75, 3.05) is 24.9 Å². The average molecular weight is 417 g/mol. The monoisotopic (exact) mass is 417 g/mol. The first-order valence-electron chi connectivity index (χ1n) is 9.71. The van der Waals surface area contributed by atoms with Gasteiger partial charge in [0.05, 0.1) is 19.9 Å². The zero-order chi connectivity index (χ0) is 22.0. The molecule has 0 saturated heterocycles. The molecule has 0 saturated carbocycles. The van der Waals surface area contributed by atoms with Crippen molar-refractivity contribution in [2.45, 2.75) is 13.8 Å². The van der Waals surface area contributed by atoms with E-state index in [1.807, 2.05) is 61.5 Å². The predicted molar refractivity (Wildman–Crippen MR) is 120 cm³/mol. The van der Waals surface area contributed by atoms with E-state index in [4.69, 9.17) is 14.6 Å². The molecule has 0 atom stereocenters. The molecule has 1 amide bonds. The molecule has 0 unspecified atom stereocenters. The number of amides is 1. The van der Waals surface area contributed by atoms with Crippen LogP contribution in [-0.2, 0) is 4.79 Å². The van der Waals surface area contributed by atoms with Gasteiger partial charge in [0.2, 0.25) is 5.91 Å². The Bertz CT molecular complexity index is 1250. The van der Waals surface area contributed by atoms with Crippen molar-refractivity contribution in [3.8, 4) is 22.8 Å². The first-order chi connectivity index (χ1) is 15.0. The van der Waals surface area contributed by atoms with Crippen LogP contribution >= 0.6 is 0 Å². The Labute approximate surface area is 179 Å². The largest absolute Gasteiger partial charge is 0.493 e. The summed E-state index contributed by atoms with van der Waals surface area (Å²) >= 11 is 0. The van der Waals surface area contributed by atoms with Gasteiger partial charge in [-0.1, -0.05) is 0 Å². The summed E-state index contributed by atoms with van der Waals surface area (Å²) in [6.45, 7) is 3.42. The van der Waals surface area contributed by atoms with Crippen LogP contribution in [0.1, 0.15) is 12.6 Å². The molecule has 0 aliphatic carbocycles. The van der Waals surface area contributed by atoms with E-state index in [1.54, 1.807) is 18.7 Å². The fraction of sp³-hybridized carbons (Fsp3) is 0.174. The van der Waals surface area contributed by atoms with Gasteiger partial charge < -0.3 is 20.1 Å². The van der Waals surface area contributed by atoms with Gasteiger partial charge in [-0.3, -0.25) is 4.79 Å². The van der Waals surface area contributed by atoms with E-state index in [0.717, 1.165) is 39.8 Å². The predicted octanol–water partition coefficient (Wildman–Crippen LogP) is 4.42. The lowest BCUT2D eigenvalue weighted by Gasteiger charge is -2.10. The third-order valence-corrected chi connectivity index (χ3v) is 4.71. The molecule has 0 fully saturated rings. The van der Waals surface area contributed by atoms with Crippen molar-refractivity contribution in [3.05, 3.63) is 60.3 Å². The molecular weight excluding hydrogens is 394 g/mol. The van der Waals surface area contributed by atoms with E-state index in [0.29, 0.717) is 11.5 Å². The Morgan fingerprint density at radius 3 is 2.32 bits per heavy atom. The Morgan fingerprint density at radius 2 is 1.65 bits per heavy atom. The van der Waals surface area contributed by atoms with E-state index >= 15 is 0 Å². The molecule has 158 valence electrons. The van der Waals surface area contributed by atoms with Gasteiger partial charge in [-0.15, -0.1) is 0 Å². The van der Waals surface area contributed by atoms with Crippen LogP contribution in [0.15, 0.2) is 54.6 Å². The standard InChI is InChI=1S/C23H23N5O3/c1-14-11-22(26-18-8-6-17(7-9-18)25-15(2)29)28-23(24-14)13-19(27-28)16-5-10-20(30-3)21(12-16)31-4/h5-13,26H,1-4H3,(H,25,29). The highest BCUT2D eigenvalue weighted by molar-refractivity contribution is 5.88. The molecular formula is C23H23N5O3. The fourth-order valence-electron chi connectivity index (χ4n) is 3.31. The Hall–Kier alpha value is -4.07. The van der Waals surface area contributed by atoms with Crippen LogP contribution in [-0.4, -0.2) is 34.7 Å². The highest BCUT2D eigenvalue weighted by Crippen LogP contribution is 2.32. The molecule has 0 aliphatic rings. The molecule has 0 aliphatic heterocycles. The summed E-state index contributed by atoms with van der Waals surface area (Å²) in [7, 11) is 3.21. The minimum absolute atomic E-state index is 0.105. The Kier molecular flexibility index (Phi) is 5.44. The van der Waals surface area contributed by atoms with Crippen molar-refractivity contribution in [2.24, 2.45) is 0 Å². The maximum Gasteiger partial charge on any atom is 0.221 e. The zero-order valence-electron chi connectivity index (χ0n) is 17.8. The number of anilines is 3. The lowest BCUT2D eigenvalue weighted by molar-refractivity contribution is -0.114. The normalized spacial score (nSPS) is 10.7. The number of methoxy groups -OCH3 is 2. The third-order valence-electron chi connectivity index (χ3n) is 4.71. The number of carbonyl (C=O) groups excluding carboxylic acids is 1. The number of hydrogen-bond acceptors (Lipinski definition) is 6. The molecule has 8 nitrogen and oxygen atoms in total. The van der Waals surface area contributed by atoms with Crippen LogP contribution in [0.2, 0.25) is 0 Å². The fourth-order valence-corrected chi connectivity index (χ4v) is 3.31. The molecule has 4 rings (SSSR count). The summed E-state index contributed by atoms with van der Waals surface area (Å²) in [6, 6.07) is 17.0. The lowest BCUT2D eigenvalue weighted by Crippen LogP contribution is -2.06. The second kappa shape index (κ2) is 8.35. The van der Waals surface area contributed by atoms with Gasteiger partial charge in [0.15, 0.2) is 17.1 Å². The van der Waals surface area contributed by atoms with E-state index in [-0.39, 0.29) is 5.91 Å². The molecule has 2 aromatic heterocycles. The molecule has 2 heterocycles. The van der Waals surface area contributed by atoms with Crippen molar-refractivity contribution in [3.63, 3.8) is 0 Å². The van der Waals surface area contributed by atoms with Gasteiger partial charge in [0, 0.05) is 41.7 Å². The summed E-state index contributed by atoms with van der Waals surface area (Å²) in [5.41, 5.74) is 4.86. The molecule has 2 N–H and O–H groups in total. The van der Waals surface area contributed by atoms with Gasteiger partial charge >= 0.3 is 0 Å². The Morgan fingerprint density at radius 1 is 0.935 bits per heavy atom. The number of benzene rings is 2. The van der Waals surface area contributed by atoms with Gasteiger partial charge in [-0.25, -0.2) is 4.98 Å². The summed E-state index contributed by atoms with van der Waals surface area (Å²) in [4.78, 5) is 15.8. The maximum atomic E-state index is 11.2. The number of aryl methyl sites for hydroxylation is 1. The van der Waals surface area contributed by atoms with Gasteiger partial charge in [0.25, 0.3) is 0 Å². The average Bonchev–Trinajstić information content (AvgIpc) is 3.18. The first kappa shape index (κ1) is 20.2. The third kappa shape index (κ3) is 4.28. The number of fused-ring (bicyclic) bond motifs is 1. The van der Waals surface area contributed by atoms with E-state index in [2.05, 4.69) is 15.6 Å². The van der Waals surface area contributed by atoms with Crippen LogP contribution in [0.5, 0.6) is 11.5 Å². The van der Waals surface area contributed by atoms with E-state index < -0.39 is 0 Å². The highest BCUT2D eigenvalue weighted by Gasteiger charge is 2.13. The molecule has 2 aromatic carbocycles. The molecule has 0 bridgehead atoms. The van der Waals surface area contributed by atoms with Crippen LogP contribution in [0.4, 0.5) is 17.2 Å². The quantitative estimate of drug-likeness (QED) is 0.483. The zero-order valence-corrected chi connectivity index (χ0v) is 17.8. The second-order valence-corrected chi connectivity index (χ2v) is 7.04. The van der Waals surface area contributed by atoms with Gasteiger partial charge in [-0.2, -0.15) is 9.61 Å². The summed E-state index contributed by atoms with van der Waals surface area (Å²) in [6.07, 6.45) is 0. The number of ether oxygens (including phenoxy) is 2. The number of rotatable bonds is 6. The van der Waals surface area contributed by atoms with Crippen molar-refractivity contribution in [1.82, 2.24) is 14.6 Å². The van der Waals surface area contributed by atoms with Crippen molar-refractivity contribution in [1.29, 1.82) is 0 Å². The molecule has 0 radical (unpaired) electrons. The van der Waals surface area contributed by atoms with Crippen LogP contribution in [0, 0.1) is 6.92 Å². The van der Waals surface area contributed by atoms with Gasteiger partial charge in [0.1, 0.15) is 5.82 Å². The van der Waals surface area contributed by atoms with Crippen molar-refractivity contribution < 1.29 is 14.3 Å². The summed E-state index contributed by atoms with van der Waals surface area (Å²) in [5, 5.41) is 10.9. The smallest absolute Gasteiger partial charge is 0.221 e.